The molecule has 6 nitrogen and oxygen atoms in total. The molecule has 6 heteroatoms. The second-order valence-corrected chi connectivity index (χ2v) is 7.33. The molecule has 1 heterocycles. The fourth-order valence-electron chi connectivity index (χ4n) is 4.05. The maximum Gasteiger partial charge on any atom is 0.230 e. The van der Waals surface area contributed by atoms with Crippen LogP contribution in [-0.2, 0) is 14.3 Å². The van der Waals surface area contributed by atoms with E-state index in [0.29, 0.717) is 13.2 Å². The fourth-order valence-corrected chi connectivity index (χ4v) is 4.05. The van der Waals surface area contributed by atoms with Crippen LogP contribution in [0.25, 0.3) is 0 Å². The standard InChI is InChI=1S/C17H31N3O3/c1-20(2)15(22)16(6-4-5-7-16)12-19-14(21)17(13-23-3)8-10-18-11-9-17/h18H,4-13H2,1-3H3,(H,19,21). The number of nitrogens with one attached hydrogen (secondary N) is 2. The molecule has 2 fully saturated rings. The number of piperidine rings is 1. The molecule has 0 atom stereocenters. The molecule has 0 aromatic rings. The second kappa shape index (κ2) is 7.62. The van der Waals surface area contributed by atoms with Crippen molar-refractivity contribution in [3.63, 3.8) is 0 Å². The summed E-state index contributed by atoms with van der Waals surface area (Å²) in [5.41, 5.74) is -0.874. The van der Waals surface area contributed by atoms with E-state index in [0.717, 1.165) is 51.6 Å². The minimum Gasteiger partial charge on any atom is -0.384 e. The Bertz CT molecular complexity index is 419. The molecule has 2 amide bonds. The van der Waals surface area contributed by atoms with Gasteiger partial charge in [-0.05, 0) is 38.8 Å². The van der Waals surface area contributed by atoms with Crippen LogP contribution in [0, 0.1) is 10.8 Å². The smallest absolute Gasteiger partial charge is 0.230 e. The van der Waals surface area contributed by atoms with Crippen LogP contribution >= 0.6 is 0 Å². The Hall–Kier alpha value is -1.14. The summed E-state index contributed by atoms with van der Waals surface area (Å²) in [4.78, 5) is 27.1. The Balaban J connectivity index is 2.04. The average Bonchev–Trinajstić information content (AvgIpc) is 3.03. The molecule has 0 bridgehead atoms. The molecule has 1 aliphatic carbocycles. The Morgan fingerprint density at radius 3 is 2.22 bits per heavy atom. The third-order valence-corrected chi connectivity index (χ3v) is 5.47. The van der Waals surface area contributed by atoms with Crippen molar-refractivity contribution >= 4 is 11.8 Å². The topological polar surface area (TPSA) is 70.7 Å². The molecule has 1 saturated heterocycles. The van der Waals surface area contributed by atoms with Gasteiger partial charge in [-0.2, -0.15) is 0 Å². The van der Waals surface area contributed by atoms with E-state index in [9.17, 15) is 9.59 Å². The highest BCUT2D eigenvalue weighted by Gasteiger charge is 2.45. The molecular weight excluding hydrogens is 294 g/mol. The van der Waals surface area contributed by atoms with Gasteiger partial charge in [-0.3, -0.25) is 9.59 Å². The van der Waals surface area contributed by atoms with Crippen LogP contribution in [0.5, 0.6) is 0 Å². The van der Waals surface area contributed by atoms with Crippen LogP contribution in [0.2, 0.25) is 0 Å². The molecule has 0 unspecified atom stereocenters. The van der Waals surface area contributed by atoms with Crippen molar-refractivity contribution in [2.75, 3.05) is 47.4 Å². The van der Waals surface area contributed by atoms with Gasteiger partial charge in [0.05, 0.1) is 17.4 Å². The molecule has 1 saturated carbocycles. The van der Waals surface area contributed by atoms with E-state index in [4.69, 9.17) is 4.74 Å². The SMILES string of the molecule is COCC1(C(=O)NCC2(C(=O)N(C)C)CCCC2)CCNCC1. The van der Waals surface area contributed by atoms with E-state index in [1.165, 1.54) is 0 Å². The van der Waals surface area contributed by atoms with Crippen LogP contribution in [0.4, 0.5) is 0 Å². The summed E-state index contributed by atoms with van der Waals surface area (Å²) in [6.45, 7) is 2.55. The van der Waals surface area contributed by atoms with Crippen LogP contribution < -0.4 is 10.6 Å². The molecule has 132 valence electrons. The molecule has 0 aromatic heterocycles. The number of hydrogen-bond acceptors (Lipinski definition) is 4. The number of hydrogen-bond donors (Lipinski definition) is 2. The number of methoxy groups -OCH3 is 1. The van der Waals surface area contributed by atoms with Crippen LogP contribution in [0.3, 0.4) is 0 Å². The lowest BCUT2D eigenvalue weighted by Crippen LogP contribution is -2.53. The van der Waals surface area contributed by atoms with Crippen molar-refractivity contribution in [3.8, 4) is 0 Å². The summed E-state index contributed by atoms with van der Waals surface area (Å²) in [6, 6.07) is 0. The van der Waals surface area contributed by atoms with Crippen molar-refractivity contribution in [2.24, 2.45) is 10.8 Å². The van der Waals surface area contributed by atoms with Gasteiger partial charge in [0.15, 0.2) is 0 Å². The summed E-state index contributed by atoms with van der Waals surface area (Å²) in [7, 11) is 5.23. The number of rotatable bonds is 6. The van der Waals surface area contributed by atoms with E-state index in [1.54, 1.807) is 26.1 Å². The van der Waals surface area contributed by atoms with Crippen LogP contribution in [0.1, 0.15) is 38.5 Å². The van der Waals surface area contributed by atoms with Crippen molar-refractivity contribution in [1.82, 2.24) is 15.5 Å². The number of nitrogens with zero attached hydrogens (tertiary/aromatic N) is 1. The van der Waals surface area contributed by atoms with Gasteiger partial charge in [0.2, 0.25) is 11.8 Å². The lowest BCUT2D eigenvalue weighted by Gasteiger charge is -2.37. The molecule has 0 aromatic carbocycles. The Labute approximate surface area is 139 Å². The van der Waals surface area contributed by atoms with Gasteiger partial charge in [0.25, 0.3) is 0 Å². The first-order valence-electron chi connectivity index (χ1n) is 8.66. The van der Waals surface area contributed by atoms with Gasteiger partial charge in [-0.1, -0.05) is 12.8 Å². The minimum atomic E-state index is -0.457. The number of carbonyl (C=O) groups excluding carboxylic acids is 2. The minimum absolute atomic E-state index is 0.0404. The maximum absolute atomic E-state index is 12.9. The van der Waals surface area contributed by atoms with Crippen molar-refractivity contribution in [3.05, 3.63) is 0 Å². The Morgan fingerprint density at radius 2 is 1.70 bits per heavy atom. The average molecular weight is 325 g/mol. The van der Waals surface area contributed by atoms with Crippen LogP contribution in [0.15, 0.2) is 0 Å². The molecule has 2 aliphatic rings. The molecule has 23 heavy (non-hydrogen) atoms. The first-order chi connectivity index (χ1) is 11.0. The normalized spacial score (nSPS) is 22.6. The molecular formula is C17H31N3O3. The predicted octanol–water partition coefficient (Wildman–Crippen LogP) is 0.767. The number of ether oxygens (including phenoxy) is 1. The van der Waals surface area contributed by atoms with E-state index in [-0.39, 0.29) is 11.8 Å². The molecule has 2 N–H and O–H groups in total. The summed E-state index contributed by atoms with van der Waals surface area (Å²) in [6.07, 6.45) is 5.40. The Morgan fingerprint density at radius 1 is 1.09 bits per heavy atom. The molecule has 0 spiro atoms. The van der Waals surface area contributed by atoms with E-state index >= 15 is 0 Å². The highest BCUT2D eigenvalue weighted by molar-refractivity contribution is 5.86. The van der Waals surface area contributed by atoms with Gasteiger partial charge in [-0.15, -0.1) is 0 Å². The summed E-state index contributed by atoms with van der Waals surface area (Å²) in [5.74, 6) is 0.181. The zero-order chi connectivity index (χ0) is 16.9. The highest BCUT2D eigenvalue weighted by Crippen LogP contribution is 2.39. The van der Waals surface area contributed by atoms with E-state index in [2.05, 4.69) is 10.6 Å². The molecule has 0 radical (unpaired) electrons. The van der Waals surface area contributed by atoms with Crippen molar-refractivity contribution in [2.45, 2.75) is 38.5 Å². The van der Waals surface area contributed by atoms with Gasteiger partial charge in [-0.25, -0.2) is 0 Å². The monoisotopic (exact) mass is 325 g/mol. The van der Waals surface area contributed by atoms with Crippen molar-refractivity contribution < 1.29 is 14.3 Å². The van der Waals surface area contributed by atoms with E-state index in [1.807, 2.05) is 0 Å². The largest absolute Gasteiger partial charge is 0.384 e. The predicted molar refractivity (Wildman–Crippen MR) is 89.0 cm³/mol. The number of amides is 2. The fraction of sp³-hybridized carbons (Fsp3) is 0.882. The number of carbonyl (C=O) groups is 2. The highest BCUT2D eigenvalue weighted by atomic mass is 16.5. The first kappa shape index (κ1) is 18.2. The zero-order valence-corrected chi connectivity index (χ0v) is 14.7. The third kappa shape index (κ3) is 3.86. The second-order valence-electron chi connectivity index (χ2n) is 7.33. The summed E-state index contributed by atoms with van der Waals surface area (Å²) >= 11 is 0. The summed E-state index contributed by atoms with van der Waals surface area (Å²) < 4.78 is 5.32. The Kier molecular flexibility index (Phi) is 6.03. The maximum atomic E-state index is 12.9. The third-order valence-electron chi connectivity index (χ3n) is 5.47. The van der Waals surface area contributed by atoms with Gasteiger partial charge in [0.1, 0.15) is 0 Å². The van der Waals surface area contributed by atoms with Gasteiger partial charge >= 0.3 is 0 Å². The summed E-state index contributed by atoms with van der Waals surface area (Å²) in [5, 5.41) is 6.40. The van der Waals surface area contributed by atoms with E-state index < -0.39 is 10.8 Å². The first-order valence-corrected chi connectivity index (χ1v) is 8.66. The lowest BCUT2D eigenvalue weighted by atomic mass is 9.78. The quantitative estimate of drug-likeness (QED) is 0.757. The van der Waals surface area contributed by atoms with Crippen molar-refractivity contribution in [1.29, 1.82) is 0 Å². The molecule has 1 aliphatic heterocycles. The zero-order valence-electron chi connectivity index (χ0n) is 14.7. The lowest BCUT2D eigenvalue weighted by molar-refractivity contribution is -0.141. The van der Waals surface area contributed by atoms with Gasteiger partial charge < -0.3 is 20.3 Å². The molecule has 2 rings (SSSR count). The van der Waals surface area contributed by atoms with Crippen LogP contribution in [-0.4, -0.2) is 64.2 Å². The van der Waals surface area contributed by atoms with Gasteiger partial charge in [0, 0.05) is 27.7 Å².